The third-order valence-electron chi connectivity index (χ3n) is 2.89. The topological polar surface area (TPSA) is 50.8 Å². The molecule has 0 aliphatic carbocycles. The van der Waals surface area contributed by atoms with Crippen LogP contribution >= 0.6 is 0 Å². The van der Waals surface area contributed by atoms with Crippen molar-refractivity contribution in [3.8, 4) is 0 Å². The van der Waals surface area contributed by atoms with Crippen LogP contribution in [0, 0.1) is 0 Å². The van der Waals surface area contributed by atoms with Gasteiger partial charge in [-0.05, 0) is 20.8 Å². The number of morpholine rings is 1. The molecule has 0 aromatic rings. The average molecular weight is 244 g/mol. The lowest BCUT2D eigenvalue weighted by Crippen LogP contribution is -2.60. The summed E-state index contributed by atoms with van der Waals surface area (Å²) >= 11 is 0. The molecule has 5 nitrogen and oxygen atoms in total. The van der Waals surface area contributed by atoms with Gasteiger partial charge in [-0.15, -0.1) is 0 Å². The first-order valence-electron chi connectivity index (χ1n) is 6.14. The standard InChI is InChI=1S/C12H24N2O3/c1-10(2)13-12(3,11(15)16-4)9-14-5-7-17-8-6-14/h10,13H,5-9H2,1-4H3. The van der Waals surface area contributed by atoms with Gasteiger partial charge in [0.1, 0.15) is 5.54 Å². The maximum Gasteiger partial charge on any atom is 0.327 e. The van der Waals surface area contributed by atoms with E-state index in [1.54, 1.807) is 0 Å². The fourth-order valence-corrected chi connectivity index (χ4v) is 2.24. The average Bonchev–Trinajstić information content (AvgIpc) is 2.28. The number of hydrogen-bond donors (Lipinski definition) is 1. The molecule has 0 bridgehead atoms. The number of esters is 1. The van der Waals surface area contributed by atoms with Crippen molar-refractivity contribution in [1.29, 1.82) is 0 Å². The van der Waals surface area contributed by atoms with Crippen molar-refractivity contribution in [2.24, 2.45) is 0 Å². The van der Waals surface area contributed by atoms with Gasteiger partial charge in [-0.25, -0.2) is 0 Å². The van der Waals surface area contributed by atoms with Crippen molar-refractivity contribution in [1.82, 2.24) is 10.2 Å². The fraction of sp³-hybridized carbons (Fsp3) is 0.917. The van der Waals surface area contributed by atoms with Gasteiger partial charge in [0.25, 0.3) is 0 Å². The predicted molar refractivity (Wildman–Crippen MR) is 66.0 cm³/mol. The molecular weight excluding hydrogens is 220 g/mol. The van der Waals surface area contributed by atoms with Gasteiger partial charge in [-0.1, -0.05) is 0 Å². The third-order valence-corrected chi connectivity index (χ3v) is 2.89. The molecule has 0 amide bonds. The minimum atomic E-state index is -0.653. The van der Waals surface area contributed by atoms with Gasteiger partial charge in [0.15, 0.2) is 0 Å². The second-order valence-electron chi connectivity index (χ2n) is 5.01. The van der Waals surface area contributed by atoms with E-state index in [0.717, 1.165) is 26.3 Å². The van der Waals surface area contributed by atoms with Crippen LogP contribution in [0.4, 0.5) is 0 Å². The Morgan fingerprint density at radius 2 is 2.06 bits per heavy atom. The van der Waals surface area contributed by atoms with Crippen LogP contribution in [0.5, 0.6) is 0 Å². The third kappa shape index (κ3) is 4.26. The Balaban J connectivity index is 2.64. The summed E-state index contributed by atoms with van der Waals surface area (Å²) in [6.07, 6.45) is 0. The molecule has 1 N–H and O–H groups in total. The summed E-state index contributed by atoms with van der Waals surface area (Å²) in [5, 5.41) is 3.30. The van der Waals surface area contributed by atoms with Gasteiger partial charge in [0.05, 0.1) is 20.3 Å². The molecule has 0 spiro atoms. The maximum absolute atomic E-state index is 11.9. The molecule has 1 unspecified atom stereocenters. The Hall–Kier alpha value is -0.650. The van der Waals surface area contributed by atoms with Gasteiger partial charge in [-0.3, -0.25) is 15.0 Å². The van der Waals surface area contributed by atoms with Gasteiger partial charge < -0.3 is 9.47 Å². The highest BCUT2D eigenvalue weighted by Gasteiger charge is 2.36. The maximum atomic E-state index is 11.9. The molecule has 1 aliphatic heterocycles. The summed E-state index contributed by atoms with van der Waals surface area (Å²) in [5.41, 5.74) is -0.653. The van der Waals surface area contributed by atoms with E-state index in [4.69, 9.17) is 9.47 Å². The summed E-state index contributed by atoms with van der Waals surface area (Å²) in [7, 11) is 1.43. The highest BCUT2D eigenvalue weighted by atomic mass is 16.5. The highest BCUT2D eigenvalue weighted by Crippen LogP contribution is 2.12. The number of carbonyl (C=O) groups excluding carboxylic acids is 1. The first-order valence-corrected chi connectivity index (χ1v) is 6.14. The van der Waals surface area contributed by atoms with Crippen LogP contribution in [-0.2, 0) is 14.3 Å². The molecule has 1 aliphatic rings. The van der Waals surface area contributed by atoms with Crippen LogP contribution < -0.4 is 5.32 Å². The van der Waals surface area contributed by atoms with Crippen LogP contribution in [0.2, 0.25) is 0 Å². The lowest BCUT2D eigenvalue weighted by atomic mass is 10.00. The number of carbonyl (C=O) groups is 1. The molecule has 17 heavy (non-hydrogen) atoms. The molecule has 0 saturated carbocycles. The highest BCUT2D eigenvalue weighted by molar-refractivity contribution is 5.80. The molecular formula is C12H24N2O3. The first kappa shape index (κ1) is 14.4. The van der Waals surface area contributed by atoms with Gasteiger partial charge >= 0.3 is 5.97 Å². The monoisotopic (exact) mass is 244 g/mol. The number of methoxy groups -OCH3 is 1. The van der Waals surface area contributed by atoms with E-state index in [1.807, 2.05) is 20.8 Å². The molecule has 0 aromatic heterocycles. The molecule has 1 fully saturated rings. The van der Waals surface area contributed by atoms with Crippen molar-refractivity contribution in [3.63, 3.8) is 0 Å². The Morgan fingerprint density at radius 3 is 2.53 bits per heavy atom. The van der Waals surface area contributed by atoms with Crippen molar-refractivity contribution in [3.05, 3.63) is 0 Å². The molecule has 1 rings (SSSR count). The molecule has 1 heterocycles. The molecule has 100 valence electrons. The number of ether oxygens (including phenoxy) is 2. The second kappa shape index (κ2) is 6.33. The zero-order chi connectivity index (χ0) is 12.9. The van der Waals surface area contributed by atoms with E-state index < -0.39 is 5.54 Å². The van der Waals surface area contributed by atoms with E-state index >= 15 is 0 Å². The predicted octanol–water partition coefficient (Wildman–Crippen LogP) is 0.248. The van der Waals surface area contributed by atoms with Crippen molar-refractivity contribution in [2.75, 3.05) is 40.0 Å². The van der Waals surface area contributed by atoms with Crippen molar-refractivity contribution in [2.45, 2.75) is 32.4 Å². The minimum absolute atomic E-state index is 0.210. The number of nitrogens with zero attached hydrogens (tertiary/aromatic N) is 1. The van der Waals surface area contributed by atoms with Crippen molar-refractivity contribution >= 4 is 5.97 Å². The quantitative estimate of drug-likeness (QED) is 0.703. The zero-order valence-electron chi connectivity index (χ0n) is 11.3. The number of rotatable bonds is 5. The van der Waals surface area contributed by atoms with E-state index in [-0.39, 0.29) is 12.0 Å². The lowest BCUT2D eigenvalue weighted by Gasteiger charge is -2.37. The largest absolute Gasteiger partial charge is 0.468 e. The lowest BCUT2D eigenvalue weighted by molar-refractivity contribution is -0.149. The minimum Gasteiger partial charge on any atom is -0.468 e. The zero-order valence-corrected chi connectivity index (χ0v) is 11.3. The smallest absolute Gasteiger partial charge is 0.327 e. The van der Waals surface area contributed by atoms with Gasteiger partial charge in [0.2, 0.25) is 0 Å². The van der Waals surface area contributed by atoms with Crippen LogP contribution in [0.15, 0.2) is 0 Å². The Bertz CT molecular complexity index is 252. The molecule has 1 saturated heterocycles. The summed E-state index contributed by atoms with van der Waals surface area (Å²) in [6.45, 7) is 9.81. The molecule has 0 aromatic carbocycles. The normalized spacial score (nSPS) is 21.2. The van der Waals surface area contributed by atoms with Crippen LogP contribution in [-0.4, -0.2) is 62.4 Å². The van der Waals surface area contributed by atoms with Gasteiger partial charge in [0, 0.05) is 25.7 Å². The van der Waals surface area contributed by atoms with Crippen LogP contribution in [0.3, 0.4) is 0 Å². The van der Waals surface area contributed by atoms with Crippen molar-refractivity contribution < 1.29 is 14.3 Å². The SMILES string of the molecule is COC(=O)C(C)(CN1CCOCC1)NC(C)C. The fourth-order valence-electron chi connectivity index (χ4n) is 2.24. The summed E-state index contributed by atoms with van der Waals surface area (Å²) < 4.78 is 10.2. The number of nitrogens with one attached hydrogen (secondary N) is 1. The van der Waals surface area contributed by atoms with E-state index in [0.29, 0.717) is 6.54 Å². The summed E-state index contributed by atoms with van der Waals surface area (Å²) in [4.78, 5) is 14.1. The van der Waals surface area contributed by atoms with Gasteiger partial charge in [-0.2, -0.15) is 0 Å². The van der Waals surface area contributed by atoms with Crippen LogP contribution in [0.25, 0.3) is 0 Å². The second-order valence-corrected chi connectivity index (χ2v) is 5.01. The van der Waals surface area contributed by atoms with E-state index in [2.05, 4.69) is 10.2 Å². The molecule has 5 heteroatoms. The Morgan fingerprint density at radius 1 is 1.47 bits per heavy atom. The molecule has 1 atom stereocenters. The number of hydrogen-bond acceptors (Lipinski definition) is 5. The van der Waals surface area contributed by atoms with E-state index in [1.165, 1.54) is 7.11 Å². The Kier molecular flexibility index (Phi) is 5.36. The summed E-state index contributed by atoms with van der Waals surface area (Å²) in [5.74, 6) is -0.210. The summed E-state index contributed by atoms with van der Waals surface area (Å²) in [6, 6.07) is 0.236. The van der Waals surface area contributed by atoms with E-state index in [9.17, 15) is 4.79 Å². The Labute approximate surface area is 103 Å². The van der Waals surface area contributed by atoms with Crippen LogP contribution in [0.1, 0.15) is 20.8 Å². The first-order chi connectivity index (χ1) is 7.98. The molecule has 0 radical (unpaired) electrons.